The van der Waals surface area contributed by atoms with E-state index in [2.05, 4.69) is 4.72 Å². The summed E-state index contributed by atoms with van der Waals surface area (Å²) in [6, 6.07) is 2.37. The molecule has 1 atom stereocenters. The fraction of sp³-hybridized carbons (Fsp3) is 0.538. The summed E-state index contributed by atoms with van der Waals surface area (Å²) in [6.07, 6.45) is 0.385. The highest BCUT2D eigenvalue weighted by atomic mass is 32.2. The van der Waals surface area contributed by atoms with Gasteiger partial charge in [-0.3, -0.25) is 10.1 Å². The van der Waals surface area contributed by atoms with Crippen molar-refractivity contribution in [3.8, 4) is 0 Å². The molecule has 1 aromatic rings. The van der Waals surface area contributed by atoms with Crippen LogP contribution in [0.5, 0.6) is 0 Å². The van der Waals surface area contributed by atoms with Crippen LogP contribution in [-0.4, -0.2) is 30.6 Å². The van der Waals surface area contributed by atoms with Crippen molar-refractivity contribution in [1.29, 1.82) is 0 Å². The van der Waals surface area contributed by atoms with Gasteiger partial charge < -0.3 is 5.11 Å². The lowest BCUT2D eigenvalue weighted by molar-refractivity contribution is -0.385. The molecule has 2 N–H and O–H groups in total. The minimum Gasteiger partial charge on any atom is -0.394 e. The third-order valence-electron chi connectivity index (χ3n) is 3.61. The second kappa shape index (κ2) is 6.08. The molecule has 118 valence electrons. The molecule has 0 aliphatic rings. The molecular weight excluding hydrogens is 296 g/mol. The van der Waals surface area contributed by atoms with Gasteiger partial charge in [0.15, 0.2) is 0 Å². The molecule has 8 heteroatoms. The Bertz CT molecular complexity index is 651. The van der Waals surface area contributed by atoms with E-state index in [0.717, 1.165) is 6.07 Å². The smallest absolute Gasteiger partial charge is 0.271 e. The summed E-state index contributed by atoms with van der Waals surface area (Å²) < 4.78 is 27.4. The number of benzene rings is 1. The van der Waals surface area contributed by atoms with Crippen molar-refractivity contribution in [2.24, 2.45) is 0 Å². The minimum absolute atomic E-state index is 0.137. The molecule has 0 aromatic heterocycles. The summed E-state index contributed by atoms with van der Waals surface area (Å²) in [7, 11) is -3.97. The summed E-state index contributed by atoms with van der Waals surface area (Å²) in [4.78, 5) is 10.1. The van der Waals surface area contributed by atoms with Crippen LogP contribution >= 0.6 is 0 Å². The number of rotatable bonds is 6. The first-order valence-corrected chi connectivity index (χ1v) is 7.95. The number of aryl methyl sites for hydroxylation is 1. The number of aliphatic hydroxyl groups is 1. The average molecular weight is 316 g/mol. The molecule has 7 nitrogen and oxygen atoms in total. The van der Waals surface area contributed by atoms with E-state index in [-0.39, 0.29) is 17.2 Å². The Morgan fingerprint density at radius 2 is 1.95 bits per heavy atom. The van der Waals surface area contributed by atoms with Crippen molar-refractivity contribution in [3.63, 3.8) is 0 Å². The second-order valence-electron chi connectivity index (χ2n) is 5.32. The van der Waals surface area contributed by atoms with Crippen LogP contribution in [0.25, 0.3) is 0 Å². The summed E-state index contributed by atoms with van der Waals surface area (Å²) in [5, 5.41) is 20.2. The van der Waals surface area contributed by atoms with Gasteiger partial charge in [-0.15, -0.1) is 0 Å². The van der Waals surface area contributed by atoms with Gasteiger partial charge in [-0.2, -0.15) is 0 Å². The number of nitro benzene ring substituents is 1. The highest BCUT2D eigenvalue weighted by Crippen LogP contribution is 2.26. The lowest BCUT2D eigenvalue weighted by atomic mass is 10.0. The van der Waals surface area contributed by atoms with Gasteiger partial charge in [-0.25, -0.2) is 13.1 Å². The van der Waals surface area contributed by atoms with Gasteiger partial charge in [0.1, 0.15) is 0 Å². The topological polar surface area (TPSA) is 110 Å². The number of nitro groups is 1. The standard InChI is InChI=1S/C13H20N2O5S/c1-5-13(4,8-16)14-21(19,20)12-7-11(15(17)18)6-9(2)10(12)3/h6-7,14,16H,5,8H2,1-4H3. The van der Waals surface area contributed by atoms with Gasteiger partial charge in [0.25, 0.3) is 5.69 Å². The third-order valence-corrected chi connectivity index (χ3v) is 5.38. The van der Waals surface area contributed by atoms with Crippen LogP contribution in [0, 0.1) is 24.0 Å². The maximum absolute atomic E-state index is 12.5. The van der Waals surface area contributed by atoms with Gasteiger partial charge >= 0.3 is 0 Å². The second-order valence-corrected chi connectivity index (χ2v) is 6.97. The van der Waals surface area contributed by atoms with Gasteiger partial charge in [0.2, 0.25) is 10.0 Å². The Morgan fingerprint density at radius 3 is 2.38 bits per heavy atom. The molecule has 21 heavy (non-hydrogen) atoms. The van der Waals surface area contributed by atoms with E-state index >= 15 is 0 Å². The summed E-state index contributed by atoms with van der Waals surface area (Å²) >= 11 is 0. The van der Waals surface area contributed by atoms with Crippen LogP contribution in [0.3, 0.4) is 0 Å². The first-order chi connectivity index (χ1) is 9.56. The normalized spacial score (nSPS) is 14.7. The zero-order valence-electron chi connectivity index (χ0n) is 12.5. The van der Waals surface area contributed by atoms with Crippen molar-refractivity contribution < 1.29 is 18.4 Å². The highest BCUT2D eigenvalue weighted by Gasteiger charge is 2.30. The fourth-order valence-electron chi connectivity index (χ4n) is 1.79. The van der Waals surface area contributed by atoms with E-state index < -0.39 is 20.5 Å². The van der Waals surface area contributed by atoms with Crippen LogP contribution in [0.2, 0.25) is 0 Å². The van der Waals surface area contributed by atoms with Crippen molar-refractivity contribution in [3.05, 3.63) is 33.4 Å². The van der Waals surface area contributed by atoms with Gasteiger partial charge in [0.05, 0.1) is 22.0 Å². The summed E-state index contributed by atoms with van der Waals surface area (Å²) in [5.74, 6) is 0. The highest BCUT2D eigenvalue weighted by molar-refractivity contribution is 7.89. The molecule has 0 amide bonds. The van der Waals surface area contributed by atoms with Crippen LogP contribution in [-0.2, 0) is 10.0 Å². The minimum atomic E-state index is -3.97. The molecule has 0 heterocycles. The molecule has 1 rings (SSSR count). The van der Waals surface area contributed by atoms with Crippen LogP contribution in [0.4, 0.5) is 5.69 Å². The number of nitrogens with one attached hydrogen (secondary N) is 1. The van der Waals surface area contributed by atoms with Crippen molar-refractivity contribution in [2.75, 3.05) is 6.61 Å². The van der Waals surface area contributed by atoms with Gasteiger partial charge in [0, 0.05) is 12.1 Å². The molecule has 1 unspecified atom stereocenters. The Labute approximate surface area is 124 Å². The SMILES string of the molecule is CCC(C)(CO)NS(=O)(=O)c1cc([N+](=O)[O-])cc(C)c1C. The monoisotopic (exact) mass is 316 g/mol. The molecule has 0 fully saturated rings. The quantitative estimate of drug-likeness (QED) is 0.612. The molecule has 0 aliphatic heterocycles. The Morgan fingerprint density at radius 1 is 1.38 bits per heavy atom. The molecule has 0 bridgehead atoms. The van der Waals surface area contributed by atoms with Crippen molar-refractivity contribution >= 4 is 15.7 Å². The van der Waals surface area contributed by atoms with Crippen molar-refractivity contribution in [1.82, 2.24) is 4.72 Å². The van der Waals surface area contributed by atoms with E-state index in [0.29, 0.717) is 17.5 Å². The Kier molecular flexibility index (Phi) is 5.08. The van der Waals surface area contributed by atoms with Gasteiger partial charge in [-0.1, -0.05) is 6.92 Å². The van der Waals surface area contributed by atoms with E-state index in [1.807, 2.05) is 0 Å². The third kappa shape index (κ3) is 3.78. The van der Waals surface area contributed by atoms with E-state index in [9.17, 15) is 23.6 Å². The van der Waals surface area contributed by atoms with Gasteiger partial charge in [-0.05, 0) is 38.3 Å². The number of aliphatic hydroxyl groups excluding tert-OH is 1. The average Bonchev–Trinajstić information content (AvgIpc) is 2.40. The first-order valence-electron chi connectivity index (χ1n) is 6.47. The van der Waals surface area contributed by atoms with Crippen LogP contribution in [0.1, 0.15) is 31.4 Å². The van der Waals surface area contributed by atoms with E-state index in [1.54, 1.807) is 27.7 Å². The molecule has 0 radical (unpaired) electrons. The number of non-ortho nitro benzene ring substituents is 1. The molecule has 0 spiro atoms. The fourth-order valence-corrected chi connectivity index (χ4v) is 3.60. The zero-order chi connectivity index (χ0) is 16.4. The van der Waals surface area contributed by atoms with Crippen LogP contribution < -0.4 is 4.72 Å². The Hall–Kier alpha value is -1.51. The van der Waals surface area contributed by atoms with Crippen molar-refractivity contribution in [2.45, 2.75) is 44.6 Å². The number of hydrogen-bond donors (Lipinski definition) is 2. The number of hydrogen-bond acceptors (Lipinski definition) is 5. The lowest BCUT2D eigenvalue weighted by Gasteiger charge is -2.27. The van der Waals surface area contributed by atoms with E-state index in [4.69, 9.17) is 0 Å². The zero-order valence-corrected chi connectivity index (χ0v) is 13.3. The van der Waals surface area contributed by atoms with E-state index in [1.165, 1.54) is 6.07 Å². The summed E-state index contributed by atoms with van der Waals surface area (Å²) in [6.45, 7) is 6.16. The predicted octanol–water partition coefficient (Wildman–Crippen LogP) is 1.65. The number of nitrogens with zero attached hydrogens (tertiary/aromatic N) is 1. The first kappa shape index (κ1) is 17.5. The summed E-state index contributed by atoms with van der Waals surface area (Å²) in [5.41, 5.74) is -0.319. The predicted molar refractivity (Wildman–Crippen MR) is 78.7 cm³/mol. The molecular formula is C13H20N2O5S. The lowest BCUT2D eigenvalue weighted by Crippen LogP contribution is -2.48. The molecule has 0 saturated heterocycles. The van der Waals surface area contributed by atoms with Crippen LogP contribution in [0.15, 0.2) is 17.0 Å². The number of sulfonamides is 1. The Balaban J connectivity index is 3.41. The largest absolute Gasteiger partial charge is 0.394 e. The molecule has 0 saturated carbocycles. The maximum Gasteiger partial charge on any atom is 0.271 e. The molecule has 0 aliphatic carbocycles. The maximum atomic E-state index is 12.5. The molecule has 1 aromatic carbocycles.